The highest BCUT2D eigenvalue weighted by atomic mass is 16.3. The van der Waals surface area contributed by atoms with E-state index in [0.717, 1.165) is 16.5 Å². The lowest BCUT2D eigenvalue weighted by Gasteiger charge is -2.33. The van der Waals surface area contributed by atoms with Crippen molar-refractivity contribution in [3.05, 3.63) is 47.7 Å². The summed E-state index contributed by atoms with van der Waals surface area (Å²) in [6.45, 7) is 7.81. The summed E-state index contributed by atoms with van der Waals surface area (Å²) in [5.74, 6) is -12.0. The molecule has 4 aliphatic heterocycles. The number of amides is 12. The molecule has 1 aromatic rings. The Morgan fingerprint density at radius 2 is 1.20 bits per heavy atom. The number of aryl methyl sites for hydroxylation is 1. The van der Waals surface area contributed by atoms with Gasteiger partial charge >= 0.3 is 0 Å². The molecule has 4 heterocycles. The highest BCUT2D eigenvalue weighted by Crippen LogP contribution is 2.27. The number of rotatable bonds is 17. The molecule has 12 amide bonds. The van der Waals surface area contributed by atoms with Gasteiger partial charge < -0.3 is 93.6 Å². The van der Waals surface area contributed by atoms with Gasteiger partial charge in [-0.2, -0.15) is 0 Å². The highest BCUT2D eigenvalue weighted by molar-refractivity contribution is 6.03. The maximum atomic E-state index is 14.9. The maximum absolute atomic E-state index is 14.9. The van der Waals surface area contributed by atoms with Crippen molar-refractivity contribution < 1.29 is 88.2 Å². The van der Waals surface area contributed by atoms with Crippen molar-refractivity contribution in [1.29, 1.82) is 0 Å². The van der Waals surface area contributed by atoms with Crippen LogP contribution in [0, 0.1) is 11.8 Å². The summed E-state index contributed by atoms with van der Waals surface area (Å²) in [6, 6.07) is -4.63. The minimum absolute atomic E-state index is 0.00613. The number of hydrogen-bond donors (Lipinski definition) is 15. The Morgan fingerprint density at radius 3 is 1.78 bits per heavy atom. The fourth-order valence-corrected chi connectivity index (χ4v) is 11.7. The predicted molar refractivity (Wildman–Crippen MR) is 325 cm³/mol. The van der Waals surface area contributed by atoms with Crippen molar-refractivity contribution in [1.82, 2.24) is 57.2 Å². The van der Waals surface area contributed by atoms with Gasteiger partial charge in [-0.1, -0.05) is 70.5 Å². The Kier molecular flexibility index (Phi) is 28.7. The molecule has 4 fully saturated rings. The second kappa shape index (κ2) is 35.3. The predicted octanol–water partition coefficient (Wildman–Crippen LogP) is -4.39. The van der Waals surface area contributed by atoms with E-state index < -0.39 is 206 Å². The Bertz CT molecular complexity index is 2770. The van der Waals surface area contributed by atoms with Gasteiger partial charge in [-0.3, -0.25) is 57.5 Å². The maximum Gasteiger partial charge on any atom is 0.268 e. The van der Waals surface area contributed by atoms with Gasteiger partial charge in [0, 0.05) is 32.5 Å². The van der Waals surface area contributed by atoms with E-state index in [2.05, 4.69) is 42.5 Å². The number of nitrogens with zero attached hydrogens (tertiary/aromatic N) is 3. The molecule has 30 heteroatoms. The van der Waals surface area contributed by atoms with Crippen LogP contribution in [0.4, 0.5) is 0 Å². The van der Waals surface area contributed by atoms with Crippen LogP contribution in [0.3, 0.4) is 0 Å². The molecule has 0 radical (unpaired) electrons. The van der Waals surface area contributed by atoms with Crippen LogP contribution in [0.25, 0.3) is 0 Å². The van der Waals surface area contributed by atoms with Gasteiger partial charge in [0.25, 0.3) is 11.8 Å². The smallest absolute Gasteiger partial charge is 0.268 e. The third-order valence-corrected chi connectivity index (χ3v) is 17.1. The molecule has 0 saturated carbocycles. The summed E-state index contributed by atoms with van der Waals surface area (Å²) in [4.78, 5) is 172. The lowest BCUT2D eigenvalue weighted by atomic mass is 9.94. The van der Waals surface area contributed by atoms with Crippen molar-refractivity contribution in [3.63, 3.8) is 0 Å². The van der Waals surface area contributed by atoms with Crippen molar-refractivity contribution >= 4 is 70.9 Å². The largest absolute Gasteiger partial charge is 0.394 e. The van der Waals surface area contributed by atoms with Crippen LogP contribution in [0.5, 0.6) is 0 Å². The van der Waals surface area contributed by atoms with Crippen LogP contribution in [0.1, 0.15) is 131 Å². The van der Waals surface area contributed by atoms with Crippen LogP contribution in [0.15, 0.2) is 42.1 Å². The molecule has 0 aliphatic carbocycles. The number of nitrogens with one attached hydrogen (secondary N) is 8. The quantitative estimate of drug-likeness (QED) is 0.0655. The first-order chi connectivity index (χ1) is 43.1. The second-order valence-electron chi connectivity index (χ2n) is 24.4. The molecule has 4 aliphatic rings. The van der Waals surface area contributed by atoms with Gasteiger partial charge in [0.05, 0.1) is 43.6 Å². The number of fused-ring (bicyclic) bond motifs is 3. The number of primary amides is 1. The Labute approximate surface area is 529 Å². The first-order valence-electron chi connectivity index (χ1n) is 31.4. The number of benzene rings is 1. The number of carbonyl (C=O) groups excluding carboxylic acids is 12. The van der Waals surface area contributed by atoms with Gasteiger partial charge in [-0.15, -0.1) is 0 Å². The van der Waals surface area contributed by atoms with Gasteiger partial charge in [-0.25, -0.2) is 0 Å². The molecular formula is C61H94N12O18. The fraction of sp³-hybridized carbons (Fsp3) is 0.672. The number of aliphatic hydroxyl groups is 6. The first-order valence-corrected chi connectivity index (χ1v) is 31.4. The number of nitrogens with two attached hydrogens (primary N) is 1. The monoisotopic (exact) mass is 1280 g/mol. The molecule has 506 valence electrons. The van der Waals surface area contributed by atoms with Crippen molar-refractivity contribution in [2.24, 2.45) is 17.6 Å². The summed E-state index contributed by atoms with van der Waals surface area (Å²) >= 11 is 0. The molecular weight excluding hydrogens is 1190 g/mol. The summed E-state index contributed by atoms with van der Waals surface area (Å²) in [5.41, 5.74) is 5.67. The van der Waals surface area contributed by atoms with E-state index in [1.807, 2.05) is 0 Å². The van der Waals surface area contributed by atoms with E-state index in [-0.39, 0.29) is 70.5 Å². The number of carbonyl (C=O) groups is 12. The van der Waals surface area contributed by atoms with E-state index in [0.29, 0.717) is 19.3 Å². The third kappa shape index (κ3) is 20.9. The lowest BCUT2D eigenvalue weighted by molar-refractivity contribution is -0.147. The van der Waals surface area contributed by atoms with Gasteiger partial charge in [0.15, 0.2) is 6.10 Å². The van der Waals surface area contributed by atoms with E-state index in [1.54, 1.807) is 58.0 Å². The van der Waals surface area contributed by atoms with Crippen LogP contribution in [0.2, 0.25) is 0 Å². The molecule has 16 N–H and O–H groups in total. The Balaban J connectivity index is 1.54. The zero-order valence-corrected chi connectivity index (χ0v) is 52.6. The summed E-state index contributed by atoms with van der Waals surface area (Å²) in [6.07, 6.45) is -7.72. The molecule has 1 aromatic carbocycles. The first kappa shape index (κ1) is 74.1. The number of allylic oxidation sites excluding steroid dienone is 1. The van der Waals surface area contributed by atoms with Crippen LogP contribution < -0.4 is 48.3 Å². The van der Waals surface area contributed by atoms with Gasteiger partial charge in [0.1, 0.15) is 54.0 Å². The number of hydrogen-bond acceptors (Lipinski definition) is 18. The number of aliphatic hydroxyl groups excluding tert-OH is 6. The van der Waals surface area contributed by atoms with Gasteiger partial charge in [-0.05, 0) is 102 Å². The molecule has 4 saturated heterocycles. The molecule has 91 heavy (non-hydrogen) atoms. The average Bonchev–Trinajstić information content (AvgIpc) is 1.79. The van der Waals surface area contributed by atoms with Gasteiger partial charge in [0.2, 0.25) is 59.1 Å². The minimum Gasteiger partial charge on any atom is -0.394 e. The molecule has 5 rings (SSSR count). The molecule has 0 aromatic heterocycles. The standard InChI is InChI=1S/C61H94N12O18/c1-7-33(5)49-57(87)68-41(31-74)54(84)64-37(8-2)53(83)70-50(34(6)75)58(88)66-39(21-20-35-15-10-9-11-16-35)60(90)72-25-12-17-42(72)55(85)67-40(28-36(76)29-46(78)45(77)27-32(3)4)51(81)59(89)65-38(22-23-47(62)79)52(82)63-30-48(80)71-24-14-19-44(71)61(91)73-26-13-18-43(73)56(86)69-49/h8-11,15-16,32-34,36,38-46,49-51,74-78,81H,7,12-14,17-31H2,1-6H3,(H2,62,79)(H,63,82)(H,64,84)(H,65,89)(H,66,88)(H,67,85)(H,68,87)(H,69,86)(H,70,83)/b37-8+/t33-,34+,36-,38+,39-,40+,41-,42-,43-,44-,45+,46-,49+,50+,51-/m0/s1. The van der Waals surface area contributed by atoms with Crippen LogP contribution in [-0.2, 0) is 64.0 Å². The normalized spacial score (nSPS) is 28.4. The van der Waals surface area contributed by atoms with E-state index in [1.165, 1.54) is 23.6 Å². The van der Waals surface area contributed by atoms with Crippen molar-refractivity contribution in [2.75, 3.05) is 32.8 Å². The van der Waals surface area contributed by atoms with E-state index >= 15 is 0 Å². The Morgan fingerprint density at radius 1 is 0.637 bits per heavy atom. The molecule has 0 bridgehead atoms. The minimum atomic E-state index is -2.33. The molecule has 15 atom stereocenters. The van der Waals surface area contributed by atoms with Crippen molar-refractivity contribution in [3.8, 4) is 0 Å². The second-order valence-corrected chi connectivity index (χ2v) is 24.4. The zero-order valence-electron chi connectivity index (χ0n) is 52.6. The van der Waals surface area contributed by atoms with E-state index in [9.17, 15) is 88.2 Å². The SMILES string of the molecule is C/C=C1/NC(=O)[C@H](CO)NC(=O)[C@@H]([C@@H](C)CC)NC(=O)[C@@H]2CCCN2C(=O)[C@@H]2CCCN2C(=O)CNC(=O)[C@@H](CCC(N)=O)NC(=O)[C@@H](O)[C@@H](C[C@H](O)C[C@H](O)[C@H](O)CC(C)C)NC(=O)[C@@H]2CCCN2C(=O)[C@H](CCc2ccccc2)NC(=O)[C@@H]([C@@H](C)O)NC1=O. The summed E-state index contributed by atoms with van der Waals surface area (Å²) in [5, 5.41) is 85.9. The van der Waals surface area contributed by atoms with Crippen molar-refractivity contribution in [2.45, 2.75) is 216 Å². The topological polar surface area (TPSA) is 458 Å². The zero-order chi connectivity index (χ0) is 67.4. The molecule has 30 nitrogen and oxygen atoms in total. The summed E-state index contributed by atoms with van der Waals surface area (Å²) in [7, 11) is 0. The highest BCUT2D eigenvalue weighted by Gasteiger charge is 2.45. The summed E-state index contributed by atoms with van der Waals surface area (Å²) < 4.78 is 0. The van der Waals surface area contributed by atoms with Crippen LogP contribution >= 0.6 is 0 Å². The average molecular weight is 1280 g/mol. The fourth-order valence-electron chi connectivity index (χ4n) is 11.7. The van der Waals surface area contributed by atoms with Crippen LogP contribution in [-0.4, -0.2) is 234 Å². The molecule has 0 unspecified atom stereocenters. The molecule has 0 spiro atoms. The lowest BCUT2D eigenvalue weighted by Crippen LogP contribution is -2.61. The third-order valence-electron chi connectivity index (χ3n) is 17.1. The van der Waals surface area contributed by atoms with E-state index in [4.69, 9.17) is 5.73 Å². The Hall–Kier alpha value is -7.64.